The first kappa shape index (κ1) is 16.6. The van der Waals surface area contributed by atoms with Crippen molar-refractivity contribution in [3.63, 3.8) is 0 Å². The van der Waals surface area contributed by atoms with E-state index in [9.17, 15) is 10.2 Å². The number of likely N-dealkylation sites (N-methyl/N-ethyl adjacent to an activating group) is 1. The first-order valence-electron chi connectivity index (χ1n) is 10.7. The third-order valence-corrected chi connectivity index (χ3v) is 8.55. The zero-order chi connectivity index (χ0) is 18.6. The Hall–Kier alpha value is -1.30. The van der Waals surface area contributed by atoms with Crippen LogP contribution in [-0.4, -0.2) is 59.0 Å². The molecule has 5 nitrogen and oxygen atoms in total. The van der Waals surface area contributed by atoms with Crippen molar-refractivity contribution in [3.8, 4) is 11.5 Å². The number of rotatable bonds is 3. The van der Waals surface area contributed by atoms with Gasteiger partial charge in [0.2, 0.25) is 0 Å². The maximum absolute atomic E-state index is 12.5. The molecule has 3 aliphatic carbocycles. The molecular formula is C22H30N2O3. The molecule has 1 aromatic rings. The Morgan fingerprint density at radius 2 is 2.15 bits per heavy atom. The van der Waals surface area contributed by atoms with Gasteiger partial charge in [0.1, 0.15) is 6.10 Å². The molecule has 2 heterocycles. The van der Waals surface area contributed by atoms with Gasteiger partial charge < -0.3 is 20.3 Å². The lowest BCUT2D eigenvalue weighted by molar-refractivity contribution is -0.217. The fourth-order valence-electron chi connectivity index (χ4n) is 7.20. The van der Waals surface area contributed by atoms with E-state index in [4.69, 9.17) is 4.74 Å². The summed E-state index contributed by atoms with van der Waals surface area (Å²) in [5, 5.41) is 26.5. The number of nitrogens with one attached hydrogen (secondary N) is 1. The SMILES string of the molecule is CN[C@H]1C[C@H](C)[C@@]2(O)[C@H]3Cc4ccc(O)c5c4[C@@]2(CCN3CC2CC2)[C@H]1O5. The predicted octanol–water partition coefficient (Wildman–Crippen LogP) is 1.79. The second-order valence-corrected chi connectivity index (χ2v) is 9.72. The Labute approximate surface area is 160 Å². The molecule has 1 saturated heterocycles. The van der Waals surface area contributed by atoms with Crippen molar-refractivity contribution in [2.75, 3.05) is 20.1 Å². The highest BCUT2D eigenvalue weighted by Crippen LogP contribution is 2.66. The normalized spacial score (nSPS) is 44.7. The lowest BCUT2D eigenvalue weighted by Gasteiger charge is -2.66. The van der Waals surface area contributed by atoms with E-state index >= 15 is 0 Å². The van der Waals surface area contributed by atoms with Gasteiger partial charge in [-0.3, -0.25) is 4.90 Å². The smallest absolute Gasteiger partial charge is 0.165 e. The minimum absolute atomic E-state index is 0.114. The Kier molecular flexibility index (Phi) is 3.20. The van der Waals surface area contributed by atoms with Crippen molar-refractivity contribution < 1.29 is 14.9 Å². The Bertz CT molecular complexity index is 809. The van der Waals surface area contributed by atoms with Gasteiger partial charge in [-0.05, 0) is 69.2 Å². The van der Waals surface area contributed by atoms with E-state index < -0.39 is 11.0 Å². The lowest BCUT2D eigenvalue weighted by Crippen LogP contribution is -2.80. The average molecular weight is 370 g/mol. The van der Waals surface area contributed by atoms with Crippen molar-refractivity contribution in [2.24, 2.45) is 11.8 Å². The summed E-state index contributed by atoms with van der Waals surface area (Å²) in [5.74, 6) is 1.86. The fraction of sp³-hybridized carbons (Fsp3) is 0.727. The molecule has 2 aliphatic heterocycles. The Morgan fingerprint density at radius 3 is 2.89 bits per heavy atom. The zero-order valence-electron chi connectivity index (χ0n) is 16.2. The number of hydrogen-bond acceptors (Lipinski definition) is 5. The molecule has 1 aromatic carbocycles. The van der Waals surface area contributed by atoms with Gasteiger partial charge >= 0.3 is 0 Å². The minimum atomic E-state index is -0.801. The van der Waals surface area contributed by atoms with Gasteiger partial charge in [-0.2, -0.15) is 0 Å². The summed E-state index contributed by atoms with van der Waals surface area (Å²) in [4.78, 5) is 2.59. The molecule has 146 valence electrons. The van der Waals surface area contributed by atoms with Gasteiger partial charge in [-0.25, -0.2) is 0 Å². The third kappa shape index (κ3) is 1.82. The molecule has 2 saturated carbocycles. The molecule has 0 amide bonds. The lowest BCUT2D eigenvalue weighted by atomic mass is 9.45. The average Bonchev–Trinajstić information content (AvgIpc) is 3.39. The van der Waals surface area contributed by atoms with Crippen LogP contribution in [-0.2, 0) is 11.8 Å². The summed E-state index contributed by atoms with van der Waals surface area (Å²) in [6.07, 6.45) is 5.23. The number of benzene rings is 1. The largest absolute Gasteiger partial charge is 0.504 e. The van der Waals surface area contributed by atoms with Crippen LogP contribution in [0.15, 0.2) is 12.1 Å². The standard InChI is InChI=1S/C22H30N2O3/c1-12-9-15(23-2)20-21-7-8-24(11-13-3-4-13)17(22(12,21)26)10-14-5-6-16(25)19(27-20)18(14)21/h5-6,12-13,15,17,20,23,25-26H,3-4,7-11H2,1-2H3/t12-,15-,17+,20-,21-,22+/m0/s1. The number of ether oxygens (including phenoxy) is 1. The van der Waals surface area contributed by atoms with Crippen LogP contribution in [0.4, 0.5) is 0 Å². The quantitative estimate of drug-likeness (QED) is 0.757. The topological polar surface area (TPSA) is 65.0 Å². The molecule has 3 N–H and O–H groups in total. The number of phenolic OH excluding ortho intramolecular Hbond substituents is 1. The van der Waals surface area contributed by atoms with Crippen LogP contribution in [0.2, 0.25) is 0 Å². The van der Waals surface area contributed by atoms with Gasteiger partial charge in [-0.1, -0.05) is 13.0 Å². The Balaban J connectivity index is 1.58. The minimum Gasteiger partial charge on any atom is -0.504 e. The first-order valence-corrected chi connectivity index (χ1v) is 10.7. The molecule has 2 bridgehead atoms. The van der Waals surface area contributed by atoms with Gasteiger partial charge in [0.15, 0.2) is 11.5 Å². The van der Waals surface area contributed by atoms with Crippen LogP contribution in [0.25, 0.3) is 0 Å². The van der Waals surface area contributed by atoms with Crippen LogP contribution in [0.3, 0.4) is 0 Å². The number of nitrogens with zero attached hydrogens (tertiary/aromatic N) is 1. The Morgan fingerprint density at radius 1 is 1.33 bits per heavy atom. The van der Waals surface area contributed by atoms with E-state index in [1.54, 1.807) is 6.07 Å². The van der Waals surface area contributed by atoms with Gasteiger partial charge in [0, 0.05) is 24.2 Å². The molecular weight excluding hydrogens is 340 g/mol. The van der Waals surface area contributed by atoms with Crippen LogP contribution >= 0.6 is 0 Å². The molecule has 27 heavy (non-hydrogen) atoms. The van der Waals surface area contributed by atoms with Crippen LogP contribution in [0, 0.1) is 11.8 Å². The molecule has 5 heteroatoms. The zero-order valence-corrected chi connectivity index (χ0v) is 16.2. The third-order valence-electron chi connectivity index (χ3n) is 8.55. The highest BCUT2D eigenvalue weighted by Gasteiger charge is 2.74. The number of likely N-dealkylation sites (tertiary alicyclic amines) is 1. The second kappa shape index (κ2) is 5.19. The van der Waals surface area contributed by atoms with E-state index in [1.807, 2.05) is 7.05 Å². The summed E-state index contributed by atoms with van der Waals surface area (Å²) < 4.78 is 6.46. The van der Waals surface area contributed by atoms with Crippen molar-refractivity contribution in [3.05, 3.63) is 23.3 Å². The number of aliphatic hydroxyl groups is 1. The van der Waals surface area contributed by atoms with E-state index in [0.29, 0.717) is 5.75 Å². The number of piperidine rings is 1. The van der Waals surface area contributed by atoms with E-state index in [1.165, 1.54) is 18.4 Å². The van der Waals surface area contributed by atoms with Crippen LogP contribution < -0.4 is 10.1 Å². The summed E-state index contributed by atoms with van der Waals surface area (Å²) in [7, 11) is 1.99. The number of hydrogen-bond donors (Lipinski definition) is 3. The summed E-state index contributed by atoms with van der Waals surface area (Å²) >= 11 is 0. The number of phenols is 1. The van der Waals surface area contributed by atoms with Crippen molar-refractivity contribution in [2.45, 2.75) is 68.2 Å². The summed E-state index contributed by atoms with van der Waals surface area (Å²) in [6.45, 7) is 4.36. The molecule has 6 rings (SSSR count). The van der Waals surface area contributed by atoms with E-state index in [2.05, 4.69) is 23.2 Å². The molecule has 3 fully saturated rings. The maximum Gasteiger partial charge on any atom is 0.165 e. The van der Waals surface area contributed by atoms with Crippen LogP contribution in [0.5, 0.6) is 11.5 Å². The highest BCUT2D eigenvalue weighted by molar-refractivity contribution is 5.62. The predicted molar refractivity (Wildman–Crippen MR) is 102 cm³/mol. The number of aromatic hydroxyl groups is 1. The van der Waals surface area contributed by atoms with Gasteiger partial charge in [0.25, 0.3) is 0 Å². The van der Waals surface area contributed by atoms with Gasteiger partial charge in [0.05, 0.1) is 11.0 Å². The highest BCUT2D eigenvalue weighted by atomic mass is 16.5. The van der Waals surface area contributed by atoms with Crippen molar-refractivity contribution >= 4 is 0 Å². The molecule has 0 aromatic heterocycles. The monoisotopic (exact) mass is 370 g/mol. The molecule has 1 spiro atoms. The van der Waals surface area contributed by atoms with Crippen LogP contribution in [0.1, 0.15) is 43.7 Å². The summed E-state index contributed by atoms with van der Waals surface area (Å²) in [6, 6.07) is 4.19. The van der Waals surface area contributed by atoms with E-state index in [0.717, 1.165) is 43.8 Å². The van der Waals surface area contributed by atoms with Gasteiger partial charge in [-0.15, -0.1) is 0 Å². The molecule has 0 radical (unpaired) electrons. The second-order valence-electron chi connectivity index (χ2n) is 9.72. The van der Waals surface area contributed by atoms with Crippen molar-refractivity contribution in [1.29, 1.82) is 0 Å². The first-order chi connectivity index (χ1) is 13.0. The maximum atomic E-state index is 12.5. The molecule has 6 atom stereocenters. The fourth-order valence-corrected chi connectivity index (χ4v) is 7.20. The van der Waals surface area contributed by atoms with Crippen molar-refractivity contribution in [1.82, 2.24) is 10.2 Å². The van der Waals surface area contributed by atoms with E-state index in [-0.39, 0.29) is 29.9 Å². The molecule has 5 aliphatic rings. The summed E-state index contributed by atoms with van der Waals surface area (Å²) in [5.41, 5.74) is 1.17. The molecule has 0 unspecified atom stereocenters.